The second-order valence-corrected chi connectivity index (χ2v) is 5.60. The van der Waals surface area contributed by atoms with E-state index in [2.05, 4.69) is 9.89 Å². The van der Waals surface area contributed by atoms with Crippen molar-refractivity contribution >= 4 is 11.6 Å². The van der Waals surface area contributed by atoms with Crippen LogP contribution in [-0.4, -0.2) is 23.9 Å². The van der Waals surface area contributed by atoms with E-state index in [4.69, 9.17) is 5.73 Å². The van der Waals surface area contributed by atoms with E-state index in [-0.39, 0.29) is 0 Å². The first-order valence-electron chi connectivity index (χ1n) is 6.95. The largest absolute Gasteiger partial charge is 0.369 e. The van der Waals surface area contributed by atoms with Crippen LogP contribution in [0.3, 0.4) is 0 Å². The molecule has 2 saturated carbocycles. The fourth-order valence-electron chi connectivity index (χ4n) is 2.19. The van der Waals surface area contributed by atoms with Crippen molar-refractivity contribution in [2.45, 2.75) is 25.7 Å². The van der Waals surface area contributed by atoms with Crippen molar-refractivity contribution < 1.29 is 0 Å². The summed E-state index contributed by atoms with van der Waals surface area (Å²) in [4.78, 5) is 6.84. The average Bonchev–Trinajstić information content (AvgIpc) is 3.24. The molecule has 2 aliphatic carbocycles. The molecule has 2 N–H and O–H groups in total. The van der Waals surface area contributed by atoms with Gasteiger partial charge in [-0.1, -0.05) is 18.2 Å². The molecule has 0 aliphatic heterocycles. The van der Waals surface area contributed by atoms with Crippen molar-refractivity contribution in [3.8, 4) is 0 Å². The van der Waals surface area contributed by atoms with Crippen molar-refractivity contribution in [3.05, 3.63) is 30.3 Å². The third kappa shape index (κ3) is 3.25. The number of aliphatic imine (C=N–C) groups is 1. The van der Waals surface area contributed by atoms with Gasteiger partial charge in [0.1, 0.15) is 0 Å². The molecule has 0 aromatic heterocycles. The van der Waals surface area contributed by atoms with Gasteiger partial charge in [0.05, 0.1) is 5.69 Å². The van der Waals surface area contributed by atoms with Gasteiger partial charge < -0.3 is 10.6 Å². The number of hydrogen-bond acceptors (Lipinski definition) is 1. The summed E-state index contributed by atoms with van der Waals surface area (Å²) in [6, 6.07) is 10.00. The van der Waals surface area contributed by atoms with Crippen LogP contribution in [0.15, 0.2) is 35.3 Å². The molecule has 0 radical (unpaired) electrons. The van der Waals surface area contributed by atoms with E-state index in [1.54, 1.807) is 0 Å². The number of nitrogens with two attached hydrogens (primary N) is 1. The summed E-state index contributed by atoms with van der Waals surface area (Å²) in [5.41, 5.74) is 7.13. The average molecular weight is 243 g/mol. The Kier molecular flexibility index (Phi) is 3.22. The van der Waals surface area contributed by atoms with Gasteiger partial charge in [-0.2, -0.15) is 0 Å². The molecular weight excluding hydrogens is 222 g/mol. The normalized spacial score (nSPS) is 19.9. The molecule has 18 heavy (non-hydrogen) atoms. The molecule has 2 aliphatic rings. The van der Waals surface area contributed by atoms with Crippen LogP contribution < -0.4 is 5.73 Å². The van der Waals surface area contributed by atoms with Crippen LogP contribution in [-0.2, 0) is 0 Å². The number of guanidine groups is 1. The minimum atomic E-state index is 0.694. The molecule has 1 aromatic rings. The first-order valence-corrected chi connectivity index (χ1v) is 6.95. The zero-order chi connectivity index (χ0) is 12.4. The van der Waals surface area contributed by atoms with Crippen LogP contribution in [0.5, 0.6) is 0 Å². The standard InChI is InChI=1S/C15H21N3/c16-15(17-14-4-2-1-3-5-14)18(10-12-6-7-12)11-13-8-9-13/h1-5,12-13H,6-11H2,(H2,16,17). The number of para-hydroxylation sites is 1. The molecule has 0 atom stereocenters. The second-order valence-electron chi connectivity index (χ2n) is 5.60. The van der Waals surface area contributed by atoms with Crippen molar-refractivity contribution in [2.75, 3.05) is 13.1 Å². The van der Waals surface area contributed by atoms with Gasteiger partial charge in [0, 0.05) is 13.1 Å². The van der Waals surface area contributed by atoms with Crippen molar-refractivity contribution in [1.82, 2.24) is 4.90 Å². The number of rotatable bonds is 5. The molecule has 0 bridgehead atoms. The van der Waals surface area contributed by atoms with Crippen LogP contribution >= 0.6 is 0 Å². The molecule has 0 saturated heterocycles. The van der Waals surface area contributed by atoms with Gasteiger partial charge in [-0.25, -0.2) is 4.99 Å². The van der Waals surface area contributed by atoms with Gasteiger partial charge in [-0.3, -0.25) is 0 Å². The van der Waals surface area contributed by atoms with Gasteiger partial charge in [-0.15, -0.1) is 0 Å². The highest BCUT2D eigenvalue weighted by molar-refractivity contribution is 5.81. The highest BCUT2D eigenvalue weighted by Crippen LogP contribution is 2.33. The maximum atomic E-state index is 6.18. The lowest BCUT2D eigenvalue weighted by molar-refractivity contribution is 0.379. The Morgan fingerprint density at radius 1 is 1.06 bits per heavy atom. The van der Waals surface area contributed by atoms with Gasteiger partial charge >= 0.3 is 0 Å². The Morgan fingerprint density at radius 2 is 1.61 bits per heavy atom. The van der Waals surface area contributed by atoms with Gasteiger partial charge in [0.2, 0.25) is 0 Å². The minimum Gasteiger partial charge on any atom is -0.369 e. The lowest BCUT2D eigenvalue weighted by Crippen LogP contribution is -2.40. The van der Waals surface area contributed by atoms with Gasteiger partial charge in [0.15, 0.2) is 5.96 Å². The first-order chi connectivity index (χ1) is 8.81. The van der Waals surface area contributed by atoms with Crippen LogP contribution in [0, 0.1) is 11.8 Å². The van der Waals surface area contributed by atoms with E-state index in [1.165, 1.54) is 25.7 Å². The Labute approximate surface area is 109 Å². The Bertz CT molecular complexity index is 405. The van der Waals surface area contributed by atoms with E-state index < -0.39 is 0 Å². The zero-order valence-electron chi connectivity index (χ0n) is 10.8. The van der Waals surface area contributed by atoms with Crippen LogP contribution in [0.4, 0.5) is 5.69 Å². The molecule has 0 unspecified atom stereocenters. The van der Waals surface area contributed by atoms with Gasteiger partial charge in [-0.05, 0) is 49.7 Å². The Hall–Kier alpha value is -1.51. The summed E-state index contributed by atoms with van der Waals surface area (Å²) >= 11 is 0. The Balaban J connectivity index is 1.68. The van der Waals surface area contributed by atoms with E-state index in [0.717, 1.165) is 30.6 Å². The SMILES string of the molecule is NC(=Nc1ccccc1)N(CC1CC1)CC1CC1. The lowest BCUT2D eigenvalue weighted by atomic mass is 10.3. The van der Waals surface area contributed by atoms with Crippen LogP contribution in [0.1, 0.15) is 25.7 Å². The van der Waals surface area contributed by atoms with E-state index in [0.29, 0.717) is 5.96 Å². The predicted molar refractivity (Wildman–Crippen MR) is 74.7 cm³/mol. The summed E-state index contributed by atoms with van der Waals surface area (Å²) in [6.45, 7) is 2.19. The maximum Gasteiger partial charge on any atom is 0.196 e. The minimum absolute atomic E-state index is 0.694. The molecule has 0 heterocycles. The van der Waals surface area contributed by atoms with Crippen LogP contribution in [0.25, 0.3) is 0 Å². The summed E-state index contributed by atoms with van der Waals surface area (Å²) < 4.78 is 0. The molecule has 2 fully saturated rings. The van der Waals surface area contributed by atoms with E-state index in [1.807, 2.05) is 30.3 Å². The summed E-state index contributed by atoms with van der Waals surface area (Å²) in [5, 5.41) is 0. The smallest absolute Gasteiger partial charge is 0.196 e. The summed E-state index contributed by atoms with van der Waals surface area (Å²) in [6.07, 6.45) is 5.44. The first kappa shape index (κ1) is 11.6. The summed E-state index contributed by atoms with van der Waals surface area (Å²) in [5.74, 6) is 2.40. The molecule has 3 heteroatoms. The molecular formula is C15H21N3. The quantitative estimate of drug-likeness (QED) is 0.638. The fourth-order valence-corrected chi connectivity index (χ4v) is 2.19. The highest BCUT2D eigenvalue weighted by atomic mass is 15.3. The van der Waals surface area contributed by atoms with E-state index in [9.17, 15) is 0 Å². The van der Waals surface area contributed by atoms with Crippen molar-refractivity contribution in [2.24, 2.45) is 22.6 Å². The van der Waals surface area contributed by atoms with Crippen LogP contribution in [0.2, 0.25) is 0 Å². The molecule has 96 valence electrons. The van der Waals surface area contributed by atoms with Crippen molar-refractivity contribution in [3.63, 3.8) is 0 Å². The number of benzene rings is 1. The molecule has 3 rings (SSSR count). The van der Waals surface area contributed by atoms with Gasteiger partial charge in [0.25, 0.3) is 0 Å². The highest BCUT2D eigenvalue weighted by Gasteiger charge is 2.30. The van der Waals surface area contributed by atoms with E-state index >= 15 is 0 Å². The second kappa shape index (κ2) is 5.01. The monoisotopic (exact) mass is 243 g/mol. The molecule has 0 amide bonds. The Morgan fingerprint density at radius 3 is 2.11 bits per heavy atom. The molecule has 1 aromatic carbocycles. The fraction of sp³-hybridized carbons (Fsp3) is 0.533. The third-order valence-corrected chi connectivity index (χ3v) is 3.67. The molecule has 3 nitrogen and oxygen atoms in total. The lowest BCUT2D eigenvalue weighted by Gasteiger charge is -2.23. The van der Waals surface area contributed by atoms with Crippen molar-refractivity contribution in [1.29, 1.82) is 0 Å². The molecule has 0 spiro atoms. The third-order valence-electron chi connectivity index (χ3n) is 3.67. The number of hydrogen-bond donors (Lipinski definition) is 1. The zero-order valence-corrected chi connectivity index (χ0v) is 10.8. The summed E-state index contributed by atoms with van der Waals surface area (Å²) in [7, 11) is 0. The topological polar surface area (TPSA) is 41.6 Å². The maximum absolute atomic E-state index is 6.18. The predicted octanol–water partition coefficient (Wildman–Crippen LogP) is 2.75. The number of nitrogens with zero attached hydrogens (tertiary/aromatic N) is 2.